The van der Waals surface area contributed by atoms with Gasteiger partial charge in [0, 0.05) is 70.6 Å². The normalized spacial score (nSPS) is 14.0. The van der Waals surface area contributed by atoms with Gasteiger partial charge in [0.15, 0.2) is 0 Å². The number of nitrogens with one attached hydrogen (secondary N) is 9. The van der Waals surface area contributed by atoms with Crippen molar-refractivity contribution in [1.29, 1.82) is 0 Å². The molecule has 0 radical (unpaired) electrons. The summed E-state index contributed by atoms with van der Waals surface area (Å²) in [5, 5.41) is 82.4. The third kappa shape index (κ3) is 33.5. The van der Waals surface area contributed by atoms with E-state index in [0.29, 0.717) is 36.0 Å². The first-order valence-corrected chi connectivity index (χ1v) is 41.3. The standard InChI is InChI=1S/3C26H34N3O7P.3K/c3*1-16(2)13-22(28-24(37(34,35)36)12-9-17-7-10-19(30)11-8-17)25(31)29-23(26(32)33)14-18-15-27-21-6-4-3-5-20(18)21;;;/h3*3-8,10-11,15-16,22-24,27-28,30H,9,12-14H2,1-2H3,(H,29,31)(H,32,33)(H2,34,35,36);;;/q;;;3*+1/p-3/t3*22-,23-,24?;;;/m000.../s1. The van der Waals surface area contributed by atoms with Gasteiger partial charge in [-0.15, -0.1) is 0 Å². The van der Waals surface area contributed by atoms with Gasteiger partial charge in [0.25, 0.3) is 0 Å². The van der Waals surface area contributed by atoms with Gasteiger partial charge in [-0.25, -0.2) is 0 Å². The Labute approximate surface area is 788 Å². The van der Waals surface area contributed by atoms with Crippen LogP contribution in [0.4, 0.5) is 0 Å². The van der Waals surface area contributed by atoms with Crippen molar-refractivity contribution in [1.82, 2.24) is 46.9 Å². The molecule has 18 N–H and O–H groups in total. The Morgan fingerprint density at radius 2 is 0.570 bits per heavy atom. The molecule has 6 aromatic carbocycles. The van der Waals surface area contributed by atoms with Crippen LogP contribution in [0.1, 0.15) is 113 Å². The van der Waals surface area contributed by atoms with Gasteiger partial charge >= 0.3 is 177 Å². The number of carbonyl (C=O) groups excluding carboxylic acids is 6. The number of aliphatic carboxylic acids is 3. The summed E-state index contributed by atoms with van der Waals surface area (Å²) in [5.41, 5.74) is 6.87. The number of aromatic hydroxyl groups is 3. The predicted octanol–water partition coefficient (Wildman–Crippen LogP) is -3.61. The van der Waals surface area contributed by atoms with E-state index >= 15 is 0 Å². The van der Waals surface area contributed by atoms with Gasteiger partial charge in [-0.3, -0.25) is 44.0 Å². The van der Waals surface area contributed by atoms with Crippen LogP contribution in [-0.4, -0.2) is 149 Å². The molecule has 3 aromatic heterocycles. The molecule has 0 aliphatic carbocycles. The van der Waals surface area contributed by atoms with Gasteiger partial charge in [-0.05, 0) is 164 Å². The number of fused-ring (bicyclic) bond motifs is 3. The van der Waals surface area contributed by atoms with E-state index in [1.54, 1.807) is 55.0 Å². The van der Waals surface area contributed by atoms with E-state index in [2.05, 4.69) is 46.9 Å². The van der Waals surface area contributed by atoms with Crippen molar-refractivity contribution < 1.29 is 257 Å². The van der Waals surface area contributed by atoms with E-state index in [4.69, 9.17) is 0 Å². The maximum absolute atomic E-state index is 13.2. The zero-order valence-corrected chi connectivity index (χ0v) is 77.3. The molecule has 0 spiro atoms. The maximum atomic E-state index is 13.2. The maximum Gasteiger partial charge on any atom is 1.00 e. The molecule has 114 heavy (non-hydrogen) atoms. The molecule has 0 saturated carbocycles. The number of phenols is 3. The van der Waals surface area contributed by atoms with E-state index in [-0.39, 0.29) is 247 Å². The van der Waals surface area contributed by atoms with Crippen molar-refractivity contribution >= 4 is 91.1 Å². The van der Waals surface area contributed by atoms with E-state index < -0.39 is 112 Å². The summed E-state index contributed by atoms with van der Waals surface area (Å²) in [6.45, 7) is 11.1. The number of H-pyrrole nitrogens is 3. The fourth-order valence-electron chi connectivity index (χ4n) is 12.8. The predicted molar refractivity (Wildman–Crippen MR) is 413 cm³/mol. The summed E-state index contributed by atoms with van der Waals surface area (Å²) in [4.78, 5) is 144. The third-order valence-electron chi connectivity index (χ3n) is 18.5. The summed E-state index contributed by atoms with van der Waals surface area (Å²) in [6.07, 6.45) is 6.64. The van der Waals surface area contributed by atoms with Crippen LogP contribution in [0.2, 0.25) is 0 Å². The average Bonchev–Trinajstić information content (AvgIpc) is 1.55. The second kappa shape index (κ2) is 48.6. The number of aromatic nitrogens is 3. The zero-order valence-electron chi connectivity index (χ0n) is 65.3. The van der Waals surface area contributed by atoms with Gasteiger partial charge in [0.2, 0.25) is 17.7 Å². The number of aryl methyl sites for hydroxylation is 3. The van der Waals surface area contributed by atoms with Crippen LogP contribution >= 0.6 is 22.8 Å². The van der Waals surface area contributed by atoms with E-state index in [0.717, 1.165) is 49.4 Å². The van der Waals surface area contributed by atoms with Gasteiger partial charge in [-0.1, -0.05) is 133 Å². The number of para-hydroxylation sites is 3. The number of carboxylic acids is 3. The molecule has 0 fully saturated rings. The zero-order chi connectivity index (χ0) is 81.5. The molecule has 9 atom stereocenters. The summed E-state index contributed by atoms with van der Waals surface area (Å²) in [6, 6.07) is 33.8. The van der Waals surface area contributed by atoms with Crippen molar-refractivity contribution in [3.8, 4) is 17.2 Å². The second-order valence-corrected chi connectivity index (χ2v) is 34.2. The van der Waals surface area contributed by atoms with Gasteiger partial charge in [0.1, 0.15) is 34.6 Å². The fraction of sp³-hybridized carbons (Fsp3) is 0.385. The molecule has 0 bridgehead atoms. The van der Waals surface area contributed by atoms with Crippen LogP contribution in [0.3, 0.4) is 0 Å². The first-order chi connectivity index (χ1) is 52.3. The van der Waals surface area contributed by atoms with Crippen LogP contribution in [0.15, 0.2) is 164 Å². The largest absolute Gasteiger partial charge is 1.00 e. The number of hydrogen-bond acceptors (Lipinski definition) is 18. The van der Waals surface area contributed by atoms with Crippen LogP contribution in [0.25, 0.3) is 32.7 Å². The van der Waals surface area contributed by atoms with Crippen LogP contribution in [0, 0.1) is 17.8 Å². The summed E-state index contributed by atoms with van der Waals surface area (Å²) >= 11 is 0. The van der Waals surface area contributed by atoms with Crippen molar-refractivity contribution in [2.45, 2.75) is 172 Å². The molecule has 0 aliphatic rings. The van der Waals surface area contributed by atoms with Crippen molar-refractivity contribution in [3.63, 3.8) is 0 Å². The van der Waals surface area contributed by atoms with Crippen molar-refractivity contribution in [2.75, 3.05) is 0 Å². The molecule has 9 aromatic rings. The number of amides is 3. The summed E-state index contributed by atoms with van der Waals surface area (Å²) in [5.74, 6) is -10.2. The SMILES string of the molecule is CC(C)C[C@H](NC(CCc1ccc(O)cc1)P(=O)(O)O)C(=O)N[C@@H](Cc1c[nH]c2ccccc12)C(=O)[O-].CC(C)C[C@H](NC(CCc1ccc(O)cc1)P(=O)(O)O)C(=O)N[C@@H](Cc1c[nH]c2ccccc12)C(=O)[O-].CC(C)C[C@H](NC(CCc1ccc(O)cc1)P(=O)(O)O)C(=O)N[C@@H](Cc1c[nH]c2ccccc12)C(=O)[O-].[K+].[K+].[K+]. The molecule has 3 unspecified atom stereocenters. The molecule has 600 valence electrons. The van der Waals surface area contributed by atoms with Crippen LogP contribution < -0.4 is 201 Å². The molecule has 3 amide bonds. The Bertz CT molecular complexity index is 4240. The average molecular weight is 1710 g/mol. The quantitative estimate of drug-likeness (QED) is 0.0131. The number of aromatic amines is 3. The van der Waals surface area contributed by atoms with Crippen LogP contribution in [0.5, 0.6) is 17.2 Å². The van der Waals surface area contributed by atoms with Gasteiger partial charge in [0.05, 0.1) is 54.2 Å². The van der Waals surface area contributed by atoms with Gasteiger partial charge < -0.3 is 105 Å². The van der Waals surface area contributed by atoms with Crippen molar-refractivity contribution in [2.24, 2.45) is 17.8 Å². The van der Waals surface area contributed by atoms with Gasteiger partial charge in [-0.2, -0.15) is 0 Å². The molecule has 3 heterocycles. The number of hydrogen-bond donors (Lipinski definition) is 18. The number of rotatable bonds is 39. The van der Waals surface area contributed by atoms with Crippen molar-refractivity contribution in [3.05, 3.63) is 198 Å². The molecule has 0 aliphatic heterocycles. The topological polar surface area (TPSA) is 524 Å². The Balaban J connectivity index is 0.000000356. The number of carbonyl (C=O) groups is 6. The third-order valence-corrected chi connectivity index (χ3v) is 22.2. The minimum absolute atomic E-state index is 0. The van der Waals surface area contributed by atoms with E-state index in [1.807, 2.05) is 114 Å². The number of phenolic OH excluding ortho intramolecular Hbond substituents is 3. The Morgan fingerprint density at radius 1 is 0.351 bits per heavy atom. The van der Waals surface area contributed by atoms with E-state index in [9.17, 15) is 102 Å². The summed E-state index contributed by atoms with van der Waals surface area (Å²) in [7, 11) is -14.0. The molecule has 9 rings (SSSR count). The first-order valence-electron chi connectivity index (χ1n) is 36.3. The molecule has 36 heteroatoms. The van der Waals surface area contributed by atoms with E-state index in [1.165, 1.54) is 36.4 Å². The molecular weight excluding hydrogens is 1610 g/mol. The Hall–Kier alpha value is -4.60. The minimum Gasteiger partial charge on any atom is -0.548 e. The number of carboxylic acid groups (broad SMARTS) is 3. The Morgan fingerprint density at radius 3 is 0.772 bits per heavy atom. The molecule has 0 saturated heterocycles. The molecular formula is C78H99K3N9O21P3. The summed E-state index contributed by atoms with van der Waals surface area (Å²) < 4.78 is 36.8. The second-order valence-electron chi connectivity index (χ2n) is 28.8. The fourth-order valence-corrected chi connectivity index (χ4v) is 15.3. The first kappa shape index (κ1) is 102. The smallest absolute Gasteiger partial charge is 0.548 e. The molecule has 30 nitrogen and oxygen atoms in total. The Kier molecular flexibility index (Phi) is 43.4. The monoisotopic (exact) mass is 1710 g/mol. The number of benzene rings is 6. The van der Waals surface area contributed by atoms with Crippen LogP contribution in [-0.2, 0) is 81.0 Å². The minimum atomic E-state index is -4.66.